The number of hydrazine groups is 1. The first-order chi connectivity index (χ1) is 5.77. The van der Waals surface area contributed by atoms with Gasteiger partial charge in [0.2, 0.25) is 0 Å². The van der Waals surface area contributed by atoms with Gasteiger partial charge in [-0.15, -0.1) is 0 Å². The first-order valence-electron chi connectivity index (χ1n) is 3.69. The number of hydrogen-bond donors (Lipinski definition) is 3. The van der Waals surface area contributed by atoms with Crippen LogP contribution in [0.2, 0.25) is 0 Å². The van der Waals surface area contributed by atoms with Gasteiger partial charge in [-0.05, 0) is 0 Å². The molecule has 0 radical (unpaired) electrons. The Balaban J connectivity index is 2.08. The summed E-state index contributed by atoms with van der Waals surface area (Å²) in [6, 6.07) is 0. The van der Waals surface area contributed by atoms with Crippen LogP contribution < -0.4 is 10.9 Å². The largest absolute Gasteiger partial charge is 0.465 e. The Morgan fingerprint density at radius 3 is 3.17 bits per heavy atom. The smallest absolute Gasteiger partial charge is 0.411 e. The third-order valence-corrected chi connectivity index (χ3v) is 1.98. The van der Waals surface area contributed by atoms with Gasteiger partial charge in [0.05, 0.1) is 13.2 Å². The number of amides is 1. The molecule has 6 heteroatoms. The SMILES string of the molecule is O=C(O)N1C=CN2CNNC2C1. The van der Waals surface area contributed by atoms with E-state index in [2.05, 4.69) is 10.9 Å². The molecule has 1 amide bonds. The van der Waals surface area contributed by atoms with Gasteiger partial charge in [0.1, 0.15) is 6.17 Å². The van der Waals surface area contributed by atoms with Gasteiger partial charge in [-0.1, -0.05) is 0 Å². The molecule has 66 valence electrons. The van der Waals surface area contributed by atoms with Crippen molar-refractivity contribution in [2.75, 3.05) is 13.2 Å². The highest BCUT2D eigenvalue weighted by Crippen LogP contribution is 2.10. The van der Waals surface area contributed by atoms with Crippen molar-refractivity contribution in [1.82, 2.24) is 20.7 Å². The fourth-order valence-electron chi connectivity index (χ4n) is 1.31. The van der Waals surface area contributed by atoms with Crippen molar-refractivity contribution in [3.05, 3.63) is 12.4 Å². The zero-order valence-corrected chi connectivity index (χ0v) is 6.40. The molecule has 2 heterocycles. The monoisotopic (exact) mass is 170 g/mol. The first-order valence-corrected chi connectivity index (χ1v) is 3.69. The molecule has 2 rings (SSSR count). The lowest BCUT2D eigenvalue weighted by Crippen LogP contribution is -2.47. The summed E-state index contributed by atoms with van der Waals surface area (Å²) in [5.74, 6) is 0. The number of rotatable bonds is 0. The van der Waals surface area contributed by atoms with Gasteiger partial charge >= 0.3 is 6.09 Å². The fourth-order valence-corrected chi connectivity index (χ4v) is 1.31. The Labute approximate surface area is 69.4 Å². The molecular weight excluding hydrogens is 160 g/mol. The summed E-state index contributed by atoms with van der Waals surface area (Å²) >= 11 is 0. The molecule has 12 heavy (non-hydrogen) atoms. The standard InChI is InChI=1S/C6H10N4O2/c11-6(12)9-1-2-10-4-7-8-5(10)3-9/h1-2,5,7-8H,3-4H2,(H,11,12). The van der Waals surface area contributed by atoms with Crippen molar-refractivity contribution in [2.45, 2.75) is 6.17 Å². The van der Waals surface area contributed by atoms with E-state index >= 15 is 0 Å². The molecule has 0 spiro atoms. The van der Waals surface area contributed by atoms with Crippen LogP contribution in [0.5, 0.6) is 0 Å². The molecule has 0 aromatic carbocycles. The van der Waals surface area contributed by atoms with Crippen LogP contribution in [0.3, 0.4) is 0 Å². The Bertz CT molecular complexity index is 230. The van der Waals surface area contributed by atoms with Gasteiger partial charge in [0.15, 0.2) is 0 Å². The molecular formula is C6H10N4O2. The summed E-state index contributed by atoms with van der Waals surface area (Å²) in [7, 11) is 0. The highest BCUT2D eigenvalue weighted by Gasteiger charge is 2.27. The van der Waals surface area contributed by atoms with E-state index in [9.17, 15) is 4.79 Å². The molecule has 1 saturated heterocycles. The van der Waals surface area contributed by atoms with Gasteiger partial charge in [0, 0.05) is 12.4 Å². The van der Waals surface area contributed by atoms with E-state index in [0.717, 1.165) is 0 Å². The average molecular weight is 170 g/mol. The number of nitrogens with zero attached hydrogens (tertiary/aromatic N) is 2. The zero-order valence-electron chi connectivity index (χ0n) is 6.40. The summed E-state index contributed by atoms with van der Waals surface area (Å²) in [4.78, 5) is 13.8. The normalized spacial score (nSPS) is 27.5. The van der Waals surface area contributed by atoms with Crippen LogP contribution in [0.1, 0.15) is 0 Å². The second kappa shape index (κ2) is 2.65. The van der Waals surface area contributed by atoms with Crippen molar-refractivity contribution in [3.8, 4) is 0 Å². The average Bonchev–Trinajstić information content (AvgIpc) is 2.49. The van der Waals surface area contributed by atoms with Crippen molar-refractivity contribution < 1.29 is 9.90 Å². The number of hydrogen-bond acceptors (Lipinski definition) is 4. The van der Waals surface area contributed by atoms with E-state index in [-0.39, 0.29) is 6.17 Å². The quantitative estimate of drug-likeness (QED) is 0.441. The number of carboxylic acid groups (broad SMARTS) is 1. The number of fused-ring (bicyclic) bond motifs is 1. The molecule has 3 N–H and O–H groups in total. The lowest BCUT2D eigenvalue weighted by atomic mass is 10.4. The van der Waals surface area contributed by atoms with E-state index in [1.165, 1.54) is 4.90 Å². The van der Waals surface area contributed by atoms with Gasteiger partial charge < -0.3 is 10.0 Å². The number of nitrogens with one attached hydrogen (secondary N) is 2. The third-order valence-electron chi connectivity index (χ3n) is 1.98. The highest BCUT2D eigenvalue weighted by molar-refractivity contribution is 5.66. The molecule has 0 aromatic rings. The van der Waals surface area contributed by atoms with Crippen LogP contribution in [-0.4, -0.2) is 40.4 Å². The predicted octanol–water partition coefficient (Wildman–Crippen LogP) is -0.855. The molecule has 0 saturated carbocycles. The van der Waals surface area contributed by atoms with Gasteiger partial charge in [0.25, 0.3) is 0 Å². The van der Waals surface area contributed by atoms with Gasteiger partial charge in [-0.2, -0.15) is 0 Å². The fraction of sp³-hybridized carbons (Fsp3) is 0.500. The maximum Gasteiger partial charge on any atom is 0.411 e. The second-order valence-corrected chi connectivity index (χ2v) is 2.74. The summed E-state index contributed by atoms with van der Waals surface area (Å²) in [6.45, 7) is 1.17. The van der Waals surface area contributed by atoms with E-state index in [0.29, 0.717) is 13.2 Å². The first kappa shape index (κ1) is 7.38. The van der Waals surface area contributed by atoms with E-state index < -0.39 is 6.09 Å². The molecule has 2 aliphatic rings. The van der Waals surface area contributed by atoms with Crippen LogP contribution in [0.25, 0.3) is 0 Å². The minimum Gasteiger partial charge on any atom is -0.465 e. The molecule has 0 aliphatic carbocycles. The van der Waals surface area contributed by atoms with E-state index in [1.54, 1.807) is 12.4 Å². The van der Waals surface area contributed by atoms with Crippen molar-refractivity contribution in [1.29, 1.82) is 0 Å². The summed E-state index contributed by atoms with van der Waals surface area (Å²) in [5, 5.41) is 8.67. The van der Waals surface area contributed by atoms with E-state index in [4.69, 9.17) is 5.11 Å². The molecule has 2 aliphatic heterocycles. The minimum absolute atomic E-state index is 0.0612. The van der Waals surface area contributed by atoms with Crippen LogP contribution in [0, 0.1) is 0 Å². The minimum atomic E-state index is -0.917. The maximum atomic E-state index is 10.6. The lowest BCUT2D eigenvalue weighted by Gasteiger charge is -2.29. The van der Waals surface area contributed by atoms with Crippen molar-refractivity contribution >= 4 is 6.09 Å². The predicted molar refractivity (Wildman–Crippen MR) is 40.6 cm³/mol. The zero-order chi connectivity index (χ0) is 8.55. The number of carbonyl (C=O) groups is 1. The Hall–Kier alpha value is -1.27. The Morgan fingerprint density at radius 1 is 1.58 bits per heavy atom. The van der Waals surface area contributed by atoms with Crippen molar-refractivity contribution in [2.24, 2.45) is 0 Å². The molecule has 1 unspecified atom stereocenters. The summed E-state index contributed by atoms with van der Waals surface area (Å²) in [6.07, 6.45) is 2.47. The van der Waals surface area contributed by atoms with Crippen LogP contribution in [0.4, 0.5) is 4.79 Å². The van der Waals surface area contributed by atoms with Crippen LogP contribution in [0.15, 0.2) is 12.4 Å². The maximum absolute atomic E-state index is 10.6. The van der Waals surface area contributed by atoms with Gasteiger partial charge in [-0.25, -0.2) is 15.6 Å². The van der Waals surface area contributed by atoms with Crippen molar-refractivity contribution in [3.63, 3.8) is 0 Å². The van der Waals surface area contributed by atoms with E-state index in [1.807, 2.05) is 4.90 Å². The molecule has 1 atom stereocenters. The van der Waals surface area contributed by atoms with Gasteiger partial charge in [-0.3, -0.25) is 4.90 Å². The lowest BCUT2D eigenvalue weighted by molar-refractivity contribution is 0.142. The third kappa shape index (κ3) is 1.10. The Morgan fingerprint density at radius 2 is 2.42 bits per heavy atom. The molecule has 1 fully saturated rings. The molecule has 0 aromatic heterocycles. The van der Waals surface area contributed by atoms with Crippen LogP contribution >= 0.6 is 0 Å². The summed E-state index contributed by atoms with van der Waals surface area (Å²) < 4.78 is 0. The summed E-state index contributed by atoms with van der Waals surface area (Å²) in [5.41, 5.74) is 5.89. The molecule has 0 bridgehead atoms. The second-order valence-electron chi connectivity index (χ2n) is 2.74. The van der Waals surface area contributed by atoms with Crippen LogP contribution in [-0.2, 0) is 0 Å². The molecule has 6 nitrogen and oxygen atoms in total. The topological polar surface area (TPSA) is 67.8 Å². The Kier molecular flexibility index (Phi) is 1.63. The highest BCUT2D eigenvalue weighted by atomic mass is 16.4.